The SMILES string of the molecule is CCC(Oc1cc(C)cc(C)c1)C(=O)Nc1ccc(N2CCN(C)CC2)cc1. The lowest BCUT2D eigenvalue weighted by Gasteiger charge is -2.34. The Morgan fingerprint density at radius 1 is 1.04 bits per heavy atom. The Kier molecular flexibility index (Phi) is 6.57. The minimum atomic E-state index is -0.515. The Bertz CT molecular complexity index is 776. The van der Waals surface area contributed by atoms with Crippen LogP contribution in [0.25, 0.3) is 0 Å². The lowest BCUT2D eigenvalue weighted by atomic mass is 10.1. The van der Waals surface area contributed by atoms with E-state index in [4.69, 9.17) is 4.74 Å². The molecule has 0 radical (unpaired) electrons. The number of benzene rings is 2. The maximum absolute atomic E-state index is 12.7. The number of nitrogens with zero attached hydrogens (tertiary/aromatic N) is 2. The second kappa shape index (κ2) is 9.11. The van der Waals surface area contributed by atoms with Gasteiger partial charge in [0.25, 0.3) is 5.91 Å². The molecule has 0 bridgehead atoms. The molecule has 5 heteroatoms. The number of rotatable bonds is 6. The Hall–Kier alpha value is -2.53. The zero-order valence-electron chi connectivity index (χ0n) is 17.4. The molecule has 1 fully saturated rings. The van der Waals surface area contributed by atoms with Gasteiger partial charge in [-0.05, 0) is 74.8 Å². The van der Waals surface area contributed by atoms with Crippen molar-refractivity contribution in [1.82, 2.24) is 4.90 Å². The third-order valence-corrected chi connectivity index (χ3v) is 5.14. The van der Waals surface area contributed by atoms with Crippen LogP contribution in [-0.2, 0) is 4.79 Å². The summed E-state index contributed by atoms with van der Waals surface area (Å²) in [4.78, 5) is 17.4. The highest BCUT2D eigenvalue weighted by Crippen LogP contribution is 2.21. The summed E-state index contributed by atoms with van der Waals surface area (Å²) >= 11 is 0. The minimum Gasteiger partial charge on any atom is -0.481 e. The van der Waals surface area contributed by atoms with Gasteiger partial charge in [0.2, 0.25) is 0 Å². The van der Waals surface area contributed by atoms with Gasteiger partial charge in [0, 0.05) is 37.6 Å². The summed E-state index contributed by atoms with van der Waals surface area (Å²) in [5.41, 5.74) is 4.25. The van der Waals surface area contributed by atoms with Crippen molar-refractivity contribution in [2.45, 2.75) is 33.3 Å². The Balaban J connectivity index is 1.60. The summed E-state index contributed by atoms with van der Waals surface area (Å²) in [6.45, 7) is 10.2. The number of aryl methyl sites for hydroxylation is 2. The van der Waals surface area contributed by atoms with Crippen LogP contribution in [0.4, 0.5) is 11.4 Å². The van der Waals surface area contributed by atoms with Crippen molar-refractivity contribution >= 4 is 17.3 Å². The van der Waals surface area contributed by atoms with E-state index in [1.165, 1.54) is 5.69 Å². The smallest absolute Gasteiger partial charge is 0.265 e. The Labute approximate surface area is 168 Å². The van der Waals surface area contributed by atoms with Crippen molar-refractivity contribution in [2.75, 3.05) is 43.4 Å². The van der Waals surface area contributed by atoms with Gasteiger partial charge in [0.1, 0.15) is 5.75 Å². The van der Waals surface area contributed by atoms with Crippen LogP contribution in [0.2, 0.25) is 0 Å². The minimum absolute atomic E-state index is 0.117. The van der Waals surface area contributed by atoms with Crippen molar-refractivity contribution in [3.63, 3.8) is 0 Å². The molecule has 1 amide bonds. The van der Waals surface area contributed by atoms with E-state index in [2.05, 4.69) is 40.4 Å². The van der Waals surface area contributed by atoms with Crippen molar-refractivity contribution in [1.29, 1.82) is 0 Å². The molecule has 1 aliphatic heterocycles. The van der Waals surface area contributed by atoms with E-state index in [1.54, 1.807) is 0 Å². The molecular weight excluding hydrogens is 350 g/mol. The van der Waals surface area contributed by atoms with Crippen LogP contribution in [-0.4, -0.2) is 50.1 Å². The average molecular weight is 382 g/mol. The zero-order chi connectivity index (χ0) is 20.1. The predicted octanol–water partition coefficient (Wildman–Crippen LogP) is 3.85. The number of piperazine rings is 1. The number of hydrogen-bond acceptors (Lipinski definition) is 4. The Morgan fingerprint density at radius 3 is 2.21 bits per heavy atom. The summed E-state index contributed by atoms with van der Waals surface area (Å²) in [7, 11) is 2.15. The molecule has 1 aliphatic rings. The fourth-order valence-electron chi connectivity index (χ4n) is 3.53. The first-order chi connectivity index (χ1) is 13.4. The number of hydrogen-bond donors (Lipinski definition) is 1. The summed E-state index contributed by atoms with van der Waals surface area (Å²) in [5, 5.41) is 2.99. The van der Waals surface area contributed by atoms with E-state index in [1.807, 2.05) is 45.0 Å². The topological polar surface area (TPSA) is 44.8 Å². The van der Waals surface area contributed by atoms with Gasteiger partial charge >= 0.3 is 0 Å². The molecule has 2 aromatic carbocycles. The maximum Gasteiger partial charge on any atom is 0.265 e. The highest BCUT2D eigenvalue weighted by atomic mass is 16.5. The summed E-state index contributed by atoms with van der Waals surface area (Å²) in [6.07, 6.45) is 0.0941. The second-order valence-corrected chi connectivity index (χ2v) is 7.66. The first-order valence-electron chi connectivity index (χ1n) is 10.0. The molecule has 0 aliphatic carbocycles. The van der Waals surface area contributed by atoms with Crippen LogP contribution in [0.5, 0.6) is 5.75 Å². The van der Waals surface area contributed by atoms with Crippen LogP contribution in [0.3, 0.4) is 0 Å². The Morgan fingerprint density at radius 2 is 1.64 bits per heavy atom. The van der Waals surface area contributed by atoms with Gasteiger partial charge in [-0.2, -0.15) is 0 Å². The number of likely N-dealkylation sites (N-methyl/N-ethyl adjacent to an activating group) is 1. The van der Waals surface area contributed by atoms with Crippen LogP contribution in [0, 0.1) is 13.8 Å². The number of carbonyl (C=O) groups is 1. The standard InChI is InChI=1S/C23H31N3O2/c1-5-22(28-21-15-17(2)14-18(3)16-21)23(27)24-19-6-8-20(9-7-19)26-12-10-25(4)11-13-26/h6-9,14-16,22H,5,10-13H2,1-4H3,(H,24,27). The highest BCUT2D eigenvalue weighted by molar-refractivity contribution is 5.94. The molecule has 1 unspecified atom stereocenters. The molecular formula is C23H31N3O2. The van der Waals surface area contributed by atoms with Crippen molar-refractivity contribution in [3.05, 3.63) is 53.6 Å². The summed E-state index contributed by atoms with van der Waals surface area (Å²) in [5.74, 6) is 0.624. The fourth-order valence-corrected chi connectivity index (χ4v) is 3.53. The number of anilines is 2. The quantitative estimate of drug-likeness (QED) is 0.825. The molecule has 3 rings (SSSR count). The number of carbonyl (C=O) groups excluding carboxylic acids is 1. The van der Waals surface area contributed by atoms with Crippen molar-refractivity contribution in [3.8, 4) is 5.75 Å². The summed E-state index contributed by atoms with van der Waals surface area (Å²) in [6, 6.07) is 14.1. The molecule has 28 heavy (non-hydrogen) atoms. The number of amides is 1. The average Bonchev–Trinajstić information content (AvgIpc) is 2.66. The first-order valence-corrected chi connectivity index (χ1v) is 10.0. The molecule has 1 heterocycles. The molecule has 0 saturated carbocycles. The normalized spacial score (nSPS) is 15.9. The first kappa shape index (κ1) is 20.2. The molecule has 1 N–H and O–H groups in total. The van der Waals surface area contributed by atoms with Crippen molar-refractivity contribution in [2.24, 2.45) is 0 Å². The second-order valence-electron chi connectivity index (χ2n) is 7.66. The maximum atomic E-state index is 12.7. The van der Waals surface area contributed by atoms with E-state index in [0.717, 1.165) is 48.7 Å². The van der Waals surface area contributed by atoms with Crippen LogP contribution < -0.4 is 15.0 Å². The van der Waals surface area contributed by atoms with E-state index < -0.39 is 6.10 Å². The molecule has 1 saturated heterocycles. The van der Waals surface area contributed by atoms with Gasteiger partial charge in [-0.25, -0.2) is 0 Å². The monoisotopic (exact) mass is 381 g/mol. The highest BCUT2D eigenvalue weighted by Gasteiger charge is 2.19. The van der Waals surface area contributed by atoms with E-state index in [0.29, 0.717) is 6.42 Å². The number of ether oxygens (including phenoxy) is 1. The van der Waals surface area contributed by atoms with Crippen LogP contribution in [0.1, 0.15) is 24.5 Å². The third-order valence-electron chi connectivity index (χ3n) is 5.14. The van der Waals surface area contributed by atoms with E-state index >= 15 is 0 Å². The van der Waals surface area contributed by atoms with Gasteiger partial charge < -0.3 is 19.9 Å². The van der Waals surface area contributed by atoms with Crippen molar-refractivity contribution < 1.29 is 9.53 Å². The number of nitrogens with one attached hydrogen (secondary N) is 1. The van der Waals surface area contributed by atoms with Gasteiger partial charge in [-0.3, -0.25) is 4.79 Å². The molecule has 150 valence electrons. The molecule has 5 nitrogen and oxygen atoms in total. The molecule has 0 aromatic heterocycles. The van der Waals surface area contributed by atoms with E-state index in [9.17, 15) is 4.79 Å². The zero-order valence-corrected chi connectivity index (χ0v) is 17.4. The fraction of sp³-hybridized carbons (Fsp3) is 0.435. The third kappa shape index (κ3) is 5.26. The van der Waals surface area contributed by atoms with Crippen LogP contribution >= 0.6 is 0 Å². The molecule has 2 aromatic rings. The summed E-state index contributed by atoms with van der Waals surface area (Å²) < 4.78 is 5.96. The van der Waals surface area contributed by atoms with Crippen LogP contribution in [0.15, 0.2) is 42.5 Å². The molecule has 1 atom stereocenters. The molecule has 0 spiro atoms. The van der Waals surface area contributed by atoms with Gasteiger partial charge in [0.15, 0.2) is 6.10 Å². The van der Waals surface area contributed by atoms with Gasteiger partial charge in [-0.15, -0.1) is 0 Å². The lowest BCUT2D eigenvalue weighted by Crippen LogP contribution is -2.44. The predicted molar refractivity (Wildman–Crippen MR) is 115 cm³/mol. The lowest BCUT2D eigenvalue weighted by molar-refractivity contribution is -0.122. The van der Waals surface area contributed by atoms with Gasteiger partial charge in [0.05, 0.1) is 0 Å². The van der Waals surface area contributed by atoms with E-state index in [-0.39, 0.29) is 5.91 Å². The largest absolute Gasteiger partial charge is 0.481 e. The van der Waals surface area contributed by atoms with Gasteiger partial charge in [-0.1, -0.05) is 13.0 Å².